The summed E-state index contributed by atoms with van der Waals surface area (Å²) in [4.78, 5) is 23.3. The van der Waals surface area contributed by atoms with E-state index in [-0.39, 0.29) is 24.4 Å². The number of benzene rings is 1. The smallest absolute Gasteiger partial charge is 0.230 e. The van der Waals surface area contributed by atoms with Crippen LogP contribution in [-0.2, 0) is 16.1 Å². The van der Waals surface area contributed by atoms with Crippen molar-refractivity contribution in [1.82, 2.24) is 30.4 Å². The Hall–Kier alpha value is -1.40. The van der Waals surface area contributed by atoms with Gasteiger partial charge in [0.1, 0.15) is 11.5 Å². The Bertz CT molecular complexity index is 1080. The number of aromatic amines is 1. The maximum Gasteiger partial charge on any atom is 0.230 e. The van der Waals surface area contributed by atoms with E-state index in [1.807, 2.05) is 30.5 Å². The lowest BCUT2D eigenvalue weighted by Gasteiger charge is -2.33. The van der Waals surface area contributed by atoms with E-state index in [0.717, 1.165) is 35.4 Å². The maximum atomic E-state index is 12.3. The first-order valence-corrected chi connectivity index (χ1v) is 12.6. The van der Waals surface area contributed by atoms with E-state index < -0.39 is 0 Å². The fraction of sp³-hybridized carbons (Fsp3) is 0.400. The zero-order chi connectivity index (χ0) is 22.5. The lowest BCUT2D eigenvalue weighted by atomic mass is 10.2. The number of H-pyrrole nitrogens is 1. The highest BCUT2D eigenvalue weighted by Gasteiger charge is 2.21. The van der Waals surface area contributed by atoms with Gasteiger partial charge >= 0.3 is 0 Å². The molecule has 0 radical (unpaired) electrons. The van der Waals surface area contributed by atoms with Crippen molar-refractivity contribution < 1.29 is 9.53 Å². The second-order valence-corrected chi connectivity index (χ2v) is 10.2. The van der Waals surface area contributed by atoms with Crippen molar-refractivity contribution in [2.45, 2.75) is 23.9 Å². The zero-order valence-corrected chi connectivity index (χ0v) is 21.7. The lowest BCUT2D eigenvalue weighted by Crippen LogP contribution is -2.47. The molecule has 2 N–H and O–H groups in total. The molecule has 1 fully saturated rings. The Morgan fingerprint density at radius 1 is 1.36 bits per heavy atom. The van der Waals surface area contributed by atoms with Gasteiger partial charge in [-0.2, -0.15) is 5.10 Å². The van der Waals surface area contributed by atoms with E-state index in [0.29, 0.717) is 40.5 Å². The highest BCUT2D eigenvalue weighted by molar-refractivity contribution is 8.01. The molecular formula is C20H23Cl3N6O2S2. The second-order valence-electron chi connectivity index (χ2n) is 7.31. The number of ether oxygens (including phenoxy) is 1. The van der Waals surface area contributed by atoms with E-state index >= 15 is 0 Å². The zero-order valence-electron chi connectivity index (χ0n) is 17.7. The normalized spacial score (nSPS) is 16.4. The van der Waals surface area contributed by atoms with E-state index in [1.54, 1.807) is 0 Å². The van der Waals surface area contributed by atoms with Crippen LogP contribution in [0.1, 0.15) is 11.4 Å². The van der Waals surface area contributed by atoms with Gasteiger partial charge in [0, 0.05) is 31.6 Å². The first-order valence-electron chi connectivity index (χ1n) is 9.98. The molecule has 0 saturated carbocycles. The summed E-state index contributed by atoms with van der Waals surface area (Å²) >= 11 is 15.0. The SMILES string of the molecule is Cc1nc(-c2csc(SCC(=O)NCC3CN(Cc4ccc(Cl)c(Cl)c4)CCO3)n2)n[nH]1.Cl. The van der Waals surface area contributed by atoms with E-state index in [2.05, 4.69) is 30.4 Å². The highest BCUT2D eigenvalue weighted by Crippen LogP contribution is 2.26. The molecule has 0 spiro atoms. The fourth-order valence-electron chi connectivity index (χ4n) is 3.23. The van der Waals surface area contributed by atoms with Crippen LogP contribution in [-0.4, -0.2) is 69.1 Å². The van der Waals surface area contributed by atoms with Gasteiger partial charge in [0.05, 0.1) is 28.5 Å². The number of nitrogens with one attached hydrogen (secondary N) is 2. The number of hydrogen-bond donors (Lipinski definition) is 2. The van der Waals surface area contributed by atoms with Gasteiger partial charge in [0.25, 0.3) is 0 Å². The largest absolute Gasteiger partial charge is 0.374 e. The monoisotopic (exact) mass is 548 g/mol. The molecule has 8 nitrogen and oxygen atoms in total. The number of hydrogen-bond acceptors (Lipinski definition) is 8. The Morgan fingerprint density at radius 3 is 2.97 bits per heavy atom. The van der Waals surface area contributed by atoms with Crippen molar-refractivity contribution in [3.63, 3.8) is 0 Å². The molecule has 3 heterocycles. The van der Waals surface area contributed by atoms with Crippen LogP contribution in [0.4, 0.5) is 0 Å². The molecule has 1 unspecified atom stereocenters. The summed E-state index contributed by atoms with van der Waals surface area (Å²) in [5.41, 5.74) is 1.81. The third-order valence-electron chi connectivity index (χ3n) is 4.78. The summed E-state index contributed by atoms with van der Waals surface area (Å²) in [6, 6.07) is 5.68. The molecule has 1 aliphatic heterocycles. The number of thioether (sulfide) groups is 1. The van der Waals surface area contributed by atoms with Gasteiger partial charge in [-0.15, -0.1) is 23.7 Å². The first-order chi connectivity index (χ1) is 15.5. The van der Waals surface area contributed by atoms with E-state index in [4.69, 9.17) is 27.9 Å². The maximum absolute atomic E-state index is 12.3. The van der Waals surface area contributed by atoms with Crippen molar-refractivity contribution in [3.8, 4) is 11.5 Å². The fourth-order valence-corrected chi connectivity index (χ4v) is 5.19. The van der Waals surface area contributed by atoms with Crippen molar-refractivity contribution in [2.24, 2.45) is 0 Å². The Labute approximate surface area is 216 Å². The minimum Gasteiger partial charge on any atom is -0.374 e. The van der Waals surface area contributed by atoms with Crippen LogP contribution in [0, 0.1) is 6.92 Å². The predicted octanol–water partition coefficient (Wildman–Crippen LogP) is 4.07. The molecule has 2 aromatic heterocycles. The molecule has 0 aliphatic carbocycles. The highest BCUT2D eigenvalue weighted by atomic mass is 35.5. The summed E-state index contributed by atoms with van der Waals surface area (Å²) in [5, 5.41) is 12.9. The van der Waals surface area contributed by atoms with Crippen LogP contribution in [0.15, 0.2) is 27.9 Å². The quantitative estimate of drug-likeness (QED) is 0.409. The number of aromatic nitrogens is 4. The van der Waals surface area contributed by atoms with Crippen LogP contribution < -0.4 is 5.32 Å². The van der Waals surface area contributed by atoms with Crippen LogP contribution in [0.2, 0.25) is 10.0 Å². The number of carbonyl (C=O) groups excluding carboxylic acids is 1. The standard InChI is InChI=1S/C20H22Cl2N6O2S2.ClH/c1-12-24-19(27-26-12)17-10-31-20(25-17)32-11-18(29)23-7-14-9-28(4-5-30-14)8-13-2-3-15(21)16(22)6-13;/h2-3,6,10,14H,4-5,7-9,11H2,1H3,(H,23,29)(H,24,26,27);1H. The molecule has 1 amide bonds. The van der Waals surface area contributed by atoms with Crippen molar-refractivity contribution in [1.29, 1.82) is 0 Å². The summed E-state index contributed by atoms with van der Waals surface area (Å²) in [6.07, 6.45) is -0.0547. The number of thiazole rings is 1. The van der Waals surface area contributed by atoms with Crippen LogP contribution in [0.3, 0.4) is 0 Å². The van der Waals surface area contributed by atoms with Gasteiger partial charge in [-0.3, -0.25) is 14.8 Å². The lowest BCUT2D eigenvalue weighted by molar-refractivity contribution is -0.119. The van der Waals surface area contributed by atoms with E-state index in [9.17, 15) is 4.79 Å². The topological polar surface area (TPSA) is 96.0 Å². The van der Waals surface area contributed by atoms with Gasteiger partial charge in [-0.05, 0) is 24.6 Å². The molecule has 1 saturated heterocycles. The van der Waals surface area contributed by atoms with Gasteiger partial charge in [0.15, 0.2) is 4.34 Å². The van der Waals surface area contributed by atoms with Crippen molar-refractivity contribution in [2.75, 3.05) is 32.0 Å². The molecular weight excluding hydrogens is 527 g/mol. The average molecular weight is 550 g/mol. The number of carbonyl (C=O) groups is 1. The third-order valence-corrected chi connectivity index (χ3v) is 7.54. The van der Waals surface area contributed by atoms with Crippen LogP contribution >= 0.6 is 58.7 Å². The van der Waals surface area contributed by atoms with Crippen molar-refractivity contribution in [3.05, 3.63) is 45.0 Å². The number of amides is 1. The number of morpholine rings is 1. The number of nitrogens with zero attached hydrogens (tertiary/aromatic N) is 4. The molecule has 3 aromatic rings. The summed E-state index contributed by atoms with van der Waals surface area (Å²) in [7, 11) is 0. The Balaban J connectivity index is 0.00000306. The van der Waals surface area contributed by atoms with Gasteiger partial charge in [-0.1, -0.05) is 41.0 Å². The van der Waals surface area contributed by atoms with Gasteiger partial charge in [0.2, 0.25) is 11.7 Å². The third kappa shape index (κ3) is 7.54. The van der Waals surface area contributed by atoms with Gasteiger partial charge < -0.3 is 10.1 Å². The minimum absolute atomic E-state index is 0. The molecule has 1 aliphatic rings. The second kappa shape index (κ2) is 12.3. The molecule has 4 rings (SSSR count). The van der Waals surface area contributed by atoms with E-state index in [1.165, 1.54) is 23.1 Å². The van der Waals surface area contributed by atoms with Crippen LogP contribution in [0.25, 0.3) is 11.5 Å². The summed E-state index contributed by atoms with van der Waals surface area (Å²) < 4.78 is 6.62. The molecule has 1 aromatic carbocycles. The van der Waals surface area contributed by atoms with Crippen LogP contribution in [0.5, 0.6) is 0 Å². The Morgan fingerprint density at radius 2 is 2.21 bits per heavy atom. The molecule has 178 valence electrons. The average Bonchev–Trinajstić information content (AvgIpc) is 3.42. The number of rotatable bonds is 8. The Kier molecular flexibility index (Phi) is 9.81. The number of halogens is 3. The van der Waals surface area contributed by atoms with Gasteiger partial charge in [-0.25, -0.2) is 9.97 Å². The van der Waals surface area contributed by atoms with Crippen molar-refractivity contribution >= 4 is 64.6 Å². The number of aryl methyl sites for hydroxylation is 1. The molecule has 33 heavy (non-hydrogen) atoms. The summed E-state index contributed by atoms with van der Waals surface area (Å²) in [6.45, 7) is 5.26. The first kappa shape index (κ1) is 26.2. The predicted molar refractivity (Wildman–Crippen MR) is 135 cm³/mol. The molecule has 13 heteroatoms. The molecule has 0 bridgehead atoms. The minimum atomic E-state index is -0.0547. The summed E-state index contributed by atoms with van der Waals surface area (Å²) in [5.74, 6) is 1.54. The molecule has 1 atom stereocenters.